The van der Waals surface area contributed by atoms with E-state index >= 15 is 0 Å². The Hall–Kier alpha value is -3.33. The molecule has 0 aliphatic rings. The van der Waals surface area contributed by atoms with Crippen LogP contribution in [0.15, 0.2) is 53.7 Å². The van der Waals surface area contributed by atoms with Gasteiger partial charge in [-0.15, -0.1) is 0 Å². The molecule has 0 fully saturated rings. The zero-order valence-corrected chi connectivity index (χ0v) is 24.2. The van der Waals surface area contributed by atoms with Crippen LogP contribution in [0.2, 0.25) is 0 Å². The van der Waals surface area contributed by atoms with Crippen LogP contribution in [0.25, 0.3) is 0 Å². The number of carbonyl (C=O) groups is 1. The Balaban J connectivity index is 1.62. The number of thioether (sulfide) groups is 1. The van der Waals surface area contributed by atoms with E-state index in [1.54, 1.807) is 0 Å². The molecule has 8 nitrogen and oxygen atoms in total. The zero-order valence-electron chi connectivity index (χ0n) is 23.4. The summed E-state index contributed by atoms with van der Waals surface area (Å²) in [6, 6.07) is 15.8. The summed E-state index contributed by atoms with van der Waals surface area (Å²) in [5.41, 5.74) is 2.66. The van der Waals surface area contributed by atoms with E-state index in [0.29, 0.717) is 29.9 Å². The van der Waals surface area contributed by atoms with Gasteiger partial charge >= 0.3 is 6.03 Å². The summed E-state index contributed by atoms with van der Waals surface area (Å²) in [7, 11) is 0. The summed E-state index contributed by atoms with van der Waals surface area (Å²) in [5.74, 6) is 2.76. The minimum absolute atomic E-state index is 0.0675. The van der Waals surface area contributed by atoms with Gasteiger partial charge in [-0.1, -0.05) is 77.6 Å². The second-order valence-corrected chi connectivity index (χ2v) is 11.9. The fourth-order valence-electron chi connectivity index (χ4n) is 3.43. The molecular weight excluding hydrogens is 498 g/mol. The van der Waals surface area contributed by atoms with Gasteiger partial charge in [0.15, 0.2) is 11.0 Å². The predicted molar refractivity (Wildman–Crippen MR) is 153 cm³/mol. The Morgan fingerprint density at radius 2 is 1.37 bits per heavy atom. The van der Waals surface area contributed by atoms with E-state index in [9.17, 15) is 4.79 Å². The van der Waals surface area contributed by atoms with E-state index in [2.05, 4.69) is 91.4 Å². The van der Waals surface area contributed by atoms with Crippen LogP contribution < -0.4 is 20.1 Å². The molecule has 1 aromatic heterocycles. The molecular formula is C29H39N5O3S. The molecule has 2 amide bonds. The molecule has 0 atom stereocenters. The maximum Gasteiger partial charge on any atom is 0.321 e. The third kappa shape index (κ3) is 9.20. The lowest BCUT2D eigenvalue weighted by Crippen LogP contribution is -2.29. The van der Waals surface area contributed by atoms with Crippen LogP contribution in [0.1, 0.15) is 65.4 Å². The number of rotatable bonds is 10. The monoisotopic (exact) mass is 537 g/mol. The number of nitrogens with zero attached hydrogens (tertiary/aromatic N) is 3. The van der Waals surface area contributed by atoms with E-state index in [1.807, 2.05) is 31.2 Å². The highest BCUT2D eigenvalue weighted by molar-refractivity contribution is 7.99. The normalized spacial score (nSPS) is 11.7. The maximum atomic E-state index is 12.0. The molecule has 0 bridgehead atoms. The SMILES string of the molecule is CCNC(=O)Nc1nc(COc2ccc(C(C)(C)C)cc2)nc(SCCOc2ccc(C(C)(C)C)cc2)n1. The smallest absolute Gasteiger partial charge is 0.321 e. The van der Waals surface area contributed by atoms with Crippen molar-refractivity contribution in [3.8, 4) is 11.5 Å². The first-order chi connectivity index (χ1) is 17.9. The molecule has 0 saturated heterocycles. The average Bonchev–Trinajstić information content (AvgIpc) is 2.85. The Labute approximate surface area is 230 Å². The number of ether oxygens (including phenoxy) is 2. The third-order valence-electron chi connectivity index (χ3n) is 5.62. The molecule has 2 N–H and O–H groups in total. The first kappa shape index (κ1) is 29.2. The second kappa shape index (κ2) is 13.0. The predicted octanol–water partition coefficient (Wildman–Crippen LogP) is 6.36. The van der Waals surface area contributed by atoms with Gasteiger partial charge in [-0.3, -0.25) is 5.32 Å². The van der Waals surface area contributed by atoms with Crippen LogP contribution in [0.4, 0.5) is 10.7 Å². The van der Waals surface area contributed by atoms with Gasteiger partial charge in [0, 0.05) is 12.3 Å². The molecule has 3 aromatic rings. The van der Waals surface area contributed by atoms with Crippen LogP contribution in [-0.4, -0.2) is 39.9 Å². The van der Waals surface area contributed by atoms with Crippen molar-refractivity contribution in [1.29, 1.82) is 0 Å². The first-order valence-electron chi connectivity index (χ1n) is 12.8. The number of aromatic nitrogens is 3. The highest BCUT2D eigenvalue weighted by atomic mass is 32.2. The summed E-state index contributed by atoms with van der Waals surface area (Å²) < 4.78 is 11.8. The molecule has 3 rings (SSSR count). The second-order valence-electron chi connectivity index (χ2n) is 10.9. The van der Waals surface area contributed by atoms with Gasteiger partial charge in [0.2, 0.25) is 5.95 Å². The maximum absolute atomic E-state index is 12.0. The number of nitrogens with one attached hydrogen (secondary N) is 2. The number of anilines is 1. The van der Waals surface area contributed by atoms with Crippen molar-refractivity contribution in [2.75, 3.05) is 24.2 Å². The topological polar surface area (TPSA) is 98.3 Å². The highest BCUT2D eigenvalue weighted by Gasteiger charge is 2.15. The van der Waals surface area contributed by atoms with E-state index in [4.69, 9.17) is 9.47 Å². The average molecular weight is 538 g/mol. The molecule has 204 valence electrons. The van der Waals surface area contributed by atoms with Crippen LogP contribution in [-0.2, 0) is 17.4 Å². The van der Waals surface area contributed by atoms with E-state index < -0.39 is 0 Å². The van der Waals surface area contributed by atoms with Gasteiger partial charge in [0.1, 0.15) is 18.1 Å². The van der Waals surface area contributed by atoms with Crippen molar-refractivity contribution in [3.05, 3.63) is 65.5 Å². The molecule has 0 aliphatic heterocycles. The molecule has 0 saturated carbocycles. The van der Waals surface area contributed by atoms with Gasteiger partial charge in [0.05, 0.1) is 6.61 Å². The molecule has 0 radical (unpaired) electrons. The third-order valence-corrected chi connectivity index (χ3v) is 6.43. The Morgan fingerprint density at radius 1 is 0.816 bits per heavy atom. The summed E-state index contributed by atoms with van der Waals surface area (Å²) in [5, 5.41) is 5.84. The van der Waals surface area contributed by atoms with Crippen LogP contribution in [0.3, 0.4) is 0 Å². The Bertz CT molecular complexity index is 1190. The van der Waals surface area contributed by atoms with Crippen molar-refractivity contribution in [1.82, 2.24) is 20.3 Å². The first-order valence-corrected chi connectivity index (χ1v) is 13.8. The summed E-state index contributed by atoms with van der Waals surface area (Å²) in [4.78, 5) is 25.3. The van der Waals surface area contributed by atoms with Crippen LogP contribution >= 0.6 is 11.8 Å². The highest BCUT2D eigenvalue weighted by Crippen LogP contribution is 2.26. The van der Waals surface area contributed by atoms with Gasteiger partial charge in [-0.2, -0.15) is 9.97 Å². The molecule has 0 aliphatic carbocycles. The lowest BCUT2D eigenvalue weighted by atomic mass is 9.87. The number of hydrogen-bond acceptors (Lipinski definition) is 7. The van der Waals surface area contributed by atoms with Gasteiger partial charge in [0.25, 0.3) is 0 Å². The lowest BCUT2D eigenvalue weighted by Gasteiger charge is -2.19. The minimum Gasteiger partial charge on any atom is -0.493 e. The zero-order chi connectivity index (χ0) is 27.8. The number of benzene rings is 2. The number of hydrogen-bond donors (Lipinski definition) is 2. The molecule has 0 spiro atoms. The van der Waals surface area contributed by atoms with Gasteiger partial charge < -0.3 is 14.8 Å². The number of urea groups is 1. The summed E-state index contributed by atoms with van der Waals surface area (Å²) >= 11 is 1.43. The van der Waals surface area contributed by atoms with Crippen molar-refractivity contribution in [2.45, 2.75) is 71.1 Å². The van der Waals surface area contributed by atoms with Gasteiger partial charge in [-0.05, 0) is 53.1 Å². The van der Waals surface area contributed by atoms with Crippen LogP contribution in [0.5, 0.6) is 11.5 Å². The molecule has 9 heteroatoms. The Kier molecular flexibility index (Phi) is 9.96. The largest absolute Gasteiger partial charge is 0.493 e. The summed E-state index contributed by atoms with van der Waals surface area (Å²) in [6.07, 6.45) is 0. The van der Waals surface area contributed by atoms with E-state index in [0.717, 1.165) is 11.5 Å². The summed E-state index contributed by atoms with van der Waals surface area (Å²) in [6.45, 7) is 16.0. The fourth-order valence-corrected chi connectivity index (χ4v) is 4.10. The minimum atomic E-state index is -0.374. The number of carbonyl (C=O) groups excluding carboxylic acids is 1. The van der Waals surface area contributed by atoms with Crippen molar-refractivity contribution in [3.63, 3.8) is 0 Å². The molecule has 1 heterocycles. The Morgan fingerprint density at radius 3 is 1.89 bits per heavy atom. The van der Waals surface area contributed by atoms with Crippen LogP contribution in [0, 0.1) is 0 Å². The van der Waals surface area contributed by atoms with E-state index in [-0.39, 0.29) is 29.4 Å². The van der Waals surface area contributed by atoms with Crippen molar-refractivity contribution >= 4 is 23.7 Å². The number of amides is 2. The van der Waals surface area contributed by atoms with Gasteiger partial charge in [-0.25, -0.2) is 9.78 Å². The molecule has 38 heavy (non-hydrogen) atoms. The van der Waals surface area contributed by atoms with Crippen molar-refractivity contribution < 1.29 is 14.3 Å². The quantitative estimate of drug-likeness (QED) is 0.229. The lowest BCUT2D eigenvalue weighted by molar-refractivity contribution is 0.252. The molecule has 0 unspecified atom stereocenters. The fraction of sp³-hybridized carbons (Fsp3) is 0.448. The standard InChI is InChI=1S/C29H39N5O3S/c1-8-30-26(35)33-25-31-24(19-37-23-15-11-21(12-16-23)29(5,6)7)32-27(34-25)38-18-17-36-22-13-9-20(10-14-22)28(2,3)4/h9-16H,8,17-19H2,1-7H3,(H2,30,31,32,33,34,35). The molecule has 2 aromatic carbocycles. The van der Waals surface area contributed by atoms with Crippen molar-refractivity contribution in [2.24, 2.45) is 0 Å². The van der Waals surface area contributed by atoms with E-state index in [1.165, 1.54) is 22.9 Å².